The first-order valence-electron chi connectivity index (χ1n) is 5.35. The number of aryl methyl sites for hydroxylation is 3. The third kappa shape index (κ3) is 2.76. The summed E-state index contributed by atoms with van der Waals surface area (Å²) in [6.07, 6.45) is 2.32. The Bertz CT molecular complexity index is 279. The van der Waals surface area contributed by atoms with Crippen molar-refractivity contribution in [2.45, 2.75) is 40.5 Å². The molecule has 0 heterocycles. The Morgan fingerprint density at radius 2 is 1.64 bits per heavy atom. The number of benzene rings is 1. The molecule has 0 aliphatic heterocycles. The van der Waals surface area contributed by atoms with Crippen molar-refractivity contribution < 1.29 is 4.74 Å². The molecule has 0 aliphatic rings. The summed E-state index contributed by atoms with van der Waals surface area (Å²) in [6.45, 7) is 9.36. The van der Waals surface area contributed by atoms with Crippen LogP contribution in [-0.2, 0) is 0 Å². The molecule has 1 rings (SSSR count). The Kier molecular flexibility index (Phi) is 3.99. The lowest BCUT2D eigenvalue weighted by molar-refractivity contribution is 0.305. The molecule has 0 amide bonds. The van der Waals surface area contributed by atoms with E-state index in [1.54, 1.807) is 0 Å². The standard InChI is InChI=1S/C13H20O/c1-5-6-7-14-13-11(3)8-10(2)9-12(13)4/h8-9H,5-7H2,1-4H3. The highest BCUT2D eigenvalue weighted by Crippen LogP contribution is 2.24. The smallest absolute Gasteiger partial charge is 0.125 e. The molecule has 1 heteroatoms. The Balaban J connectivity index is 2.75. The lowest BCUT2D eigenvalue weighted by atomic mass is 10.1. The second kappa shape index (κ2) is 5.04. The highest BCUT2D eigenvalue weighted by molar-refractivity contribution is 5.42. The van der Waals surface area contributed by atoms with Crippen LogP contribution in [0.3, 0.4) is 0 Å². The van der Waals surface area contributed by atoms with E-state index in [9.17, 15) is 0 Å². The van der Waals surface area contributed by atoms with E-state index in [0.29, 0.717) is 0 Å². The minimum absolute atomic E-state index is 0.835. The van der Waals surface area contributed by atoms with Crippen LogP contribution in [0.15, 0.2) is 12.1 Å². The van der Waals surface area contributed by atoms with Crippen LogP contribution in [-0.4, -0.2) is 6.61 Å². The van der Waals surface area contributed by atoms with E-state index < -0.39 is 0 Å². The van der Waals surface area contributed by atoms with Gasteiger partial charge in [-0.2, -0.15) is 0 Å². The van der Waals surface area contributed by atoms with E-state index in [-0.39, 0.29) is 0 Å². The zero-order valence-electron chi connectivity index (χ0n) is 9.68. The predicted octanol–water partition coefficient (Wildman–Crippen LogP) is 3.79. The van der Waals surface area contributed by atoms with Gasteiger partial charge in [0.05, 0.1) is 6.61 Å². The van der Waals surface area contributed by atoms with Crippen molar-refractivity contribution in [2.75, 3.05) is 6.61 Å². The fourth-order valence-corrected chi connectivity index (χ4v) is 1.71. The Morgan fingerprint density at radius 3 is 2.14 bits per heavy atom. The molecule has 78 valence electrons. The van der Waals surface area contributed by atoms with Gasteiger partial charge in [0.15, 0.2) is 0 Å². The van der Waals surface area contributed by atoms with Crippen molar-refractivity contribution in [3.05, 3.63) is 28.8 Å². The molecular formula is C13H20O. The number of ether oxygens (including phenoxy) is 1. The fourth-order valence-electron chi connectivity index (χ4n) is 1.71. The van der Waals surface area contributed by atoms with Gasteiger partial charge in [-0.1, -0.05) is 31.0 Å². The minimum Gasteiger partial charge on any atom is -0.493 e. The zero-order valence-corrected chi connectivity index (χ0v) is 9.68. The minimum atomic E-state index is 0.835. The lowest BCUT2D eigenvalue weighted by Gasteiger charge is -2.12. The molecule has 14 heavy (non-hydrogen) atoms. The van der Waals surface area contributed by atoms with Crippen molar-refractivity contribution >= 4 is 0 Å². The van der Waals surface area contributed by atoms with Gasteiger partial charge in [0, 0.05) is 0 Å². The Hall–Kier alpha value is -0.980. The molecule has 0 unspecified atom stereocenters. The molecule has 0 radical (unpaired) electrons. The van der Waals surface area contributed by atoms with E-state index in [4.69, 9.17) is 4.74 Å². The van der Waals surface area contributed by atoms with E-state index in [1.807, 2.05) is 0 Å². The van der Waals surface area contributed by atoms with E-state index in [2.05, 4.69) is 39.8 Å². The number of unbranched alkanes of at least 4 members (excludes halogenated alkanes) is 1. The second-order valence-corrected chi connectivity index (χ2v) is 3.93. The average molecular weight is 192 g/mol. The maximum Gasteiger partial charge on any atom is 0.125 e. The molecule has 0 N–H and O–H groups in total. The first kappa shape index (κ1) is 11.1. The van der Waals surface area contributed by atoms with Gasteiger partial charge in [-0.25, -0.2) is 0 Å². The molecule has 0 aromatic heterocycles. The van der Waals surface area contributed by atoms with Crippen LogP contribution in [0, 0.1) is 20.8 Å². The highest BCUT2D eigenvalue weighted by atomic mass is 16.5. The van der Waals surface area contributed by atoms with Crippen LogP contribution in [0.2, 0.25) is 0 Å². The fraction of sp³-hybridized carbons (Fsp3) is 0.538. The van der Waals surface area contributed by atoms with Gasteiger partial charge in [-0.15, -0.1) is 0 Å². The van der Waals surface area contributed by atoms with Gasteiger partial charge < -0.3 is 4.74 Å². The maximum absolute atomic E-state index is 5.76. The van der Waals surface area contributed by atoms with Gasteiger partial charge in [-0.05, 0) is 38.3 Å². The van der Waals surface area contributed by atoms with Crippen molar-refractivity contribution in [3.8, 4) is 5.75 Å². The Labute approximate surface area is 87.1 Å². The molecule has 0 fully saturated rings. The topological polar surface area (TPSA) is 9.23 Å². The van der Waals surface area contributed by atoms with E-state index in [0.717, 1.165) is 18.8 Å². The summed E-state index contributed by atoms with van der Waals surface area (Å²) in [5.74, 6) is 1.07. The lowest BCUT2D eigenvalue weighted by Crippen LogP contribution is -2.00. The van der Waals surface area contributed by atoms with Gasteiger partial charge >= 0.3 is 0 Å². The molecule has 0 spiro atoms. The number of rotatable bonds is 4. The van der Waals surface area contributed by atoms with Gasteiger partial charge in [0.1, 0.15) is 5.75 Å². The summed E-state index contributed by atoms with van der Waals surface area (Å²) in [7, 11) is 0. The van der Waals surface area contributed by atoms with E-state index >= 15 is 0 Å². The molecule has 0 atom stereocenters. The number of hydrogen-bond acceptors (Lipinski definition) is 1. The normalized spacial score (nSPS) is 10.3. The summed E-state index contributed by atoms with van der Waals surface area (Å²) in [6, 6.07) is 4.35. The molecule has 0 saturated heterocycles. The van der Waals surface area contributed by atoms with Crippen LogP contribution in [0.1, 0.15) is 36.5 Å². The third-order valence-electron chi connectivity index (χ3n) is 2.35. The molecule has 1 aromatic carbocycles. The monoisotopic (exact) mass is 192 g/mol. The Morgan fingerprint density at radius 1 is 1.07 bits per heavy atom. The SMILES string of the molecule is CCCCOc1c(C)cc(C)cc1C. The first-order valence-corrected chi connectivity index (χ1v) is 5.35. The summed E-state index contributed by atoms with van der Waals surface area (Å²) in [5, 5.41) is 0. The van der Waals surface area contributed by atoms with Crippen LogP contribution >= 0.6 is 0 Å². The molecule has 1 nitrogen and oxygen atoms in total. The van der Waals surface area contributed by atoms with Crippen molar-refractivity contribution in [1.82, 2.24) is 0 Å². The highest BCUT2D eigenvalue weighted by Gasteiger charge is 2.03. The van der Waals surface area contributed by atoms with Crippen LogP contribution in [0.25, 0.3) is 0 Å². The summed E-state index contributed by atoms with van der Waals surface area (Å²) in [4.78, 5) is 0. The summed E-state index contributed by atoms with van der Waals surface area (Å²) < 4.78 is 5.76. The first-order chi connectivity index (χ1) is 6.65. The van der Waals surface area contributed by atoms with Crippen LogP contribution < -0.4 is 4.74 Å². The van der Waals surface area contributed by atoms with Crippen LogP contribution in [0.4, 0.5) is 0 Å². The van der Waals surface area contributed by atoms with E-state index in [1.165, 1.54) is 23.1 Å². The van der Waals surface area contributed by atoms with Gasteiger partial charge in [0.2, 0.25) is 0 Å². The molecule has 1 aromatic rings. The molecule has 0 saturated carbocycles. The zero-order chi connectivity index (χ0) is 10.6. The van der Waals surface area contributed by atoms with Crippen LogP contribution in [0.5, 0.6) is 5.75 Å². The summed E-state index contributed by atoms with van der Waals surface area (Å²) in [5.41, 5.74) is 3.81. The predicted molar refractivity (Wildman–Crippen MR) is 61.1 cm³/mol. The van der Waals surface area contributed by atoms with Crippen molar-refractivity contribution in [3.63, 3.8) is 0 Å². The second-order valence-electron chi connectivity index (χ2n) is 3.93. The van der Waals surface area contributed by atoms with Gasteiger partial charge in [0.25, 0.3) is 0 Å². The largest absolute Gasteiger partial charge is 0.493 e. The summed E-state index contributed by atoms with van der Waals surface area (Å²) >= 11 is 0. The molecular weight excluding hydrogens is 172 g/mol. The molecule has 0 aliphatic carbocycles. The van der Waals surface area contributed by atoms with Crippen molar-refractivity contribution in [2.24, 2.45) is 0 Å². The van der Waals surface area contributed by atoms with Crippen molar-refractivity contribution in [1.29, 1.82) is 0 Å². The third-order valence-corrected chi connectivity index (χ3v) is 2.35. The quantitative estimate of drug-likeness (QED) is 0.659. The molecule has 0 bridgehead atoms. The maximum atomic E-state index is 5.76. The average Bonchev–Trinajstić information content (AvgIpc) is 2.09. The van der Waals surface area contributed by atoms with Gasteiger partial charge in [-0.3, -0.25) is 0 Å². The number of hydrogen-bond donors (Lipinski definition) is 0.